The van der Waals surface area contributed by atoms with Crippen LogP contribution in [0.4, 0.5) is 0 Å². The molecule has 0 aliphatic rings. The van der Waals surface area contributed by atoms with Crippen LogP contribution in [0, 0.1) is 13.3 Å². The summed E-state index contributed by atoms with van der Waals surface area (Å²) in [6.07, 6.45) is 2.42. The van der Waals surface area contributed by atoms with Crippen molar-refractivity contribution in [1.29, 1.82) is 0 Å². The van der Waals surface area contributed by atoms with E-state index in [1.807, 2.05) is 0 Å². The maximum atomic E-state index is 4.87. The average Bonchev–Trinajstić information content (AvgIpc) is 2.14. The van der Waals surface area contributed by atoms with Gasteiger partial charge in [-0.1, -0.05) is 6.92 Å². The van der Waals surface area contributed by atoms with Gasteiger partial charge >= 0.3 is 0 Å². The van der Waals surface area contributed by atoms with E-state index in [0.717, 1.165) is 0 Å². The van der Waals surface area contributed by atoms with Gasteiger partial charge in [-0.3, -0.25) is 10.2 Å². The van der Waals surface area contributed by atoms with Crippen molar-refractivity contribution >= 4 is 6.72 Å². The van der Waals surface area contributed by atoms with Crippen LogP contribution in [-0.2, 0) is 32.7 Å². The first kappa shape index (κ1) is 8.91. The number of nitrogens with zero attached hydrogens (tertiary/aromatic N) is 4. The van der Waals surface area contributed by atoms with E-state index >= 15 is 0 Å². The molecule has 0 spiro atoms. The molecule has 0 aliphatic heterocycles. The molecule has 0 unspecified atom stereocenters. The smallest absolute Gasteiger partial charge is 0 e. The summed E-state index contributed by atoms with van der Waals surface area (Å²) < 4.78 is 1.26. The van der Waals surface area contributed by atoms with Crippen LogP contribution in [-0.4, -0.2) is 21.6 Å². The molecule has 1 rings (SSSR count). The van der Waals surface area contributed by atoms with Crippen LogP contribution < -0.4 is 0 Å². The monoisotopic (exact) mass is 197 g/mol. The SMILES string of the molecule is [CH-]=Nn1[c-]nnc1C.[Y]. The summed E-state index contributed by atoms with van der Waals surface area (Å²) in [5.41, 5.74) is 0. The van der Waals surface area contributed by atoms with Gasteiger partial charge in [-0.05, 0) is 12.2 Å². The van der Waals surface area contributed by atoms with Gasteiger partial charge in [0.2, 0.25) is 0 Å². The van der Waals surface area contributed by atoms with Gasteiger partial charge in [-0.25, -0.2) is 0 Å². The van der Waals surface area contributed by atoms with Crippen molar-refractivity contribution in [1.82, 2.24) is 14.9 Å². The Balaban J connectivity index is 0.000000640. The molecule has 1 aromatic rings. The van der Waals surface area contributed by atoms with Gasteiger partial charge in [0.1, 0.15) is 0 Å². The number of rotatable bonds is 1. The quantitative estimate of drug-likeness (QED) is 0.459. The van der Waals surface area contributed by atoms with Crippen LogP contribution in [0.15, 0.2) is 5.10 Å². The maximum Gasteiger partial charge on any atom is 0 e. The summed E-state index contributed by atoms with van der Waals surface area (Å²) in [5.74, 6) is 0.632. The van der Waals surface area contributed by atoms with Crippen molar-refractivity contribution in [2.24, 2.45) is 5.10 Å². The van der Waals surface area contributed by atoms with Crippen LogP contribution >= 0.6 is 0 Å². The molecule has 1 heterocycles. The topological polar surface area (TPSA) is 43.1 Å². The molecule has 4 nitrogen and oxygen atoms in total. The number of aryl methyl sites for hydroxylation is 1. The zero-order valence-electron chi connectivity index (χ0n) is 4.94. The molecular weight excluding hydrogens is 193 g/mol. The van der Waals surface area contributed by atoms with Crippen molar-refractivity contribution in [2.75, 3.05) is 0 Å². The first-order valence-corrected chi connectivity index (χ1v) is 2.05. The molecule has 0 saturated heterocycles. The average molecular weight is 197 g/mol. The Morgan fingerprint density at radius 3 is 2.67 bits per heavy atom. The van der Waals surface area contributed by atoms with E-state index < -0.39 is 0 Å². The van der Waals surface area contributed by atoms with E-state index in [9.17, 15) is 0 Å². The van der Waals surface area contributed by atoms with Crippen molar-refractivity contribution in [2.45, 2.75) is 6.92 Å². The molecule has 0 atom stereocenters. The summed E-state index contributed by atoms with van der Waals surface area (Å²) in [4.78, 5) is 0. The van der Waals surface area contributed by atoms with Gasteiger partial charge in [-0.2, -0.15) is 0 Å². The molecule has 0 N–H and O–H groups in total. The van der Waals surface area contributed by atoms with E-state index in [0.29, 0.717) is 5.82 Å². The fourth-order valence-corrected chi connectivity index (χ4v) is 0.361. The molecule has 0 fully saturated rings. The molecule has 1 aromatic heterocycles. The van der Waals surface area contributed by atoms with E-state index in [1.54, 1.807) is 6.92 Å². The number of aromatic nitrogens is 3. The van der Waals surface area contributed by atoms with Gasteiger partial charge in [0, 0.05) is 32.7 Å². The third kappa shape index (κ3) is 1.95. The third-order valence-electron chi connectivity index (χ3n) is 0.756. The van der Waals surface area contributed by atoms with E-state index in [2.05, 4.69) is 21.6 Å². The minimum absolute atomic E-state index is 0. The van der Waals surface area contributed by atoms with Crippen LogP contribution in [0.5, 0.6) is 0 Å². The third-order valence-corrected chi connectivity index (χ3v) is 0.756. The fourth-order valence-electron chi connectivity index (χ4n) is 0.361. The zero-order valence-corrected chi connectivity index (χ0v) is 7.78. The van der Waals surface area contributed by atoms with Gasteiger partial charge < -0.3 is 16.5 Å². The molecule has 0 bridgehead atoms. The fraction of sp³-hybridized carbons (Fsp3) is 0.250. The molecule has 45 valence electrons. The van der Waals surface area contributed by atoms with E-state index in [-0.39, 0.29) is 32.7 Å². The molecule has 1 radical (unpaired) electrons. The van der Waals surface area contributed by atoms with Gasteiger partial charge in [-0.15, -0.1) is 0 Å². The van der Waals surface area contributed by atoms with Crippen molar-refractivity contribution in [3.63, 3.8) is 0 Å². The number of hydrogen-bond donors (Lipinski definition) is 0. The van der Waals surface area contributed by atoms with Crippen molar-refractivity contribution in [3.05, 3.63) is 12.2 Å². The van der Waals surface area contributed by atoms with Crippen LogP contribution in [0.2, 0.25) is 0 Å². The number of hydrogen-bond acceptors (Lipinski definition) is 3. The minimum atomic E-state index is 0. The van der Waals surface area contributed by atoms with Crippen LogP contribution in [0.1, 0.15) is 5.82 Å². The zero-order chi connectivity index (χ0) is 5.98. The van der Waals surface area contributed by atoms with Gasteiger partial charge in [0.05, 0.1) is 0 Å². The normalized spacial score (nSPS) is 8.11. The Morgan fingerprint density at radius 2 is 2.44 bits per heavy atom. The molecule has 0 aliphatic carbocycles. The maximum absolute atomic E-state index is 4.87. The Labute approximate surface area is 78.2 Å². The first-order valence-electron chi connectivity index (χ1n) is 2.05. The van der Waals surface area contributed by atoms with Gasteiger partial charge in [0.15, 0.2) is 0 Å². The Morgan fingerprint density at radius 1 is 1.78 bits per heavy atom. The van der Waals surface area contributed by atoms with E-state index in [1.165, 1.54) is 4.68 Å². The second-order valence-electron chi connectivity index (χ2n) is 1.27. The Hall–Kier alpha value is -0.0861. The molecule has 5 heteroatoms. The molecule has 0 amide bonds. The largest absolute Gasteiger partial charge is 0.429 e. The predicted molar refractivity (Wildman–Crippen MR) is 27.5 cm³/mol. The molecule has 9 heavy (non-hydrogen) atoms. The molecular formula is C4H4N4Y-2. The predicted octanol–water partition coefficient (Wildman–Crippen LogP) is -0.275. The van der Waals surface area contributed by atoms with Crippen LogP contribution in [0.3, 0.4) is 0 Å². The second kappa shape index (κ2) is 3.85. The summed E-state index contributed by atoms with van der Waals surface area (Å²) in [5, 5.41) is 10.2. The summed E-state index contributed by atoms with van der Waals surface area (Å²) >= 11 is 0. The first-order chi connectivity index (χ1) is 3.84. The summed E-state index contributed by atoms with van der Waals surface area (Å²) in [7, 11) is 0. The van der Waals surface area contributed by atoms with Crippen molar-refractivity contribution in [3.8, 4) is 0 Å². The summed E-state index contributed by atoms with van der Waals surface area (Å²) in [6.45, 7) is 6.61. The second-order valence-corrected chi connectivity index (χ2v) is 1.27. The minimum Gasteiger partial charge on any atom is -0.429 e. The van der Waals surface area contributed by atoms with E-state index in [4.69, 9.17) is 6.72 Å². The van der Waals surface area contributed by atoms with Crippen molar-refractivity contribution < 1.29 is 32.7 Å². The van der Waals surface area contributed by atoms with Crippen LogP contribution in [0.25, 0.3) is 0 Å². The Kier molecular flexibility index (Phi) is 3.81. The molecule has 0 aromatic carbocycles. The van der Waals surface area contributed by atoms with Gasteiger partial charge in [0.25, 0.3) is 0 Å². The standard InChI is InChI=1S/C4H4N4.Y/c1-4-7-6-3-8(4)5-2;/h2H,1H3;/q-2;. The Bertz CT molecular complexity index is 194. The molecule has 0 saturated carbocycles. The summed E-state index contributed by atoms with van der Waals surface area (Å²) in [6, 6.07) is 0.